The highest BCUT2D eigenvalue weighted by Crippen LogP contribution is 2.20. The van der Waals surface area contributed by atoms with Gasteiger partial charge < -0.3 is 5.11 Å². The van der Waals surface area contributed by atoms with Gasteiger partial charge in [-0.2, -0.15) is 0 Å². The van der Waals surface area contributed by atoms with Crippen molar-refractivity contribution in [3.05, 3.63) is 35.4 Å². The van der Waals surface area contributed by atoms with E-state index in [0.717, 1.165) is 13.0 Å². The summed E-state index contributed by atoms with van der Waals surface area (Å²) in [6.45, 7) is 0.867. The lowest BCUT2D eigenvalue weighted by atomic mass is 9.96. The number of aliphatic hydroxyl groups excluding tert-OH is 1. The van der Waals surface area contributed by atoms with Gasteiger partial charge in [0.1, 0.15) is 0 Å². The van der Waals surface area contributed by atoms with Gasteiger partial charge in [0.05, 0.1) is 12.6 Å². The highest BCUT2D eigenvalue weighted by Gasteiger charge is 2.22. The van der Waals surface area contributed by atoms with Crippen LogP contribution < -0.4 is 5.84 Å². The van der Waals surface area contributed by atoms with Crippen LogP contribution in [0.25, 0.3) is 0 Å². The molecule has 0 saturated heterocycles. The molecule has 3 N–H and O–H groups in total. The van der Waals surface area contributed by atoms with Crippen LogP contribution in [-0.2, 0) is 13.0 Å². The minimum atomic E-state index is 0. The zero-order chi connectivity index (χ0) is 9.26. The minimum absolute atomic E-state index is 0. The molecule has 1 atom stereocenters. The van der Waals surface area contributed by atoms with Gasteiger partial charge in [0.15, 0.2) is 0 Å². The van der Waals surface area contributed by atoms with Gasteiger partial charge in [-0.3, -0.25) is 5.84 Å². The Morgan fingerprint density at radius 3 is 2.64 bits per heavy atom. The fraction of sp³-hybridized carbons (Fsp3) is 0.400. The van der Waals surface area contributed by atoms with Crippen LogP contribution in [0.3, 0.4) is 0 Å². The topological polar surface area (TPSA) is 49.5 Å². The normalized spacial score (nSPS) is 21.1. The van der Waals surface area contributed by atoms with Crippen LogP contribution in [0.15, 0.2) is 24.3 Å². The number of halogens is 1. The molecule has 1 unspecified atom stereocenters. The van der Waals surface area contributed by atoms with Crippen molar-refractivity contribution in [2.75, 3.05) is 6.61 Å². The molecule has 4 heteroatoms. The van der Waals surface area contributed by atoms with Crippen LogP contribution in [0.2, 0.25) is 0 Å². The van der Waals surface area contributed by atoms with Gasteiger partial charge in [0, 0.05) is 6.54 Å². The number of hydrogen-bond acceptors (Lipinski definition) is 3. The highest BCUT2D eigenvalue weighted by molar-refractivity contribution is 5.85. The average Bonchev–Trinajstić information content (AvgIpc) is 2.17. The third kappa shape index (κ3) is 2.07. The molecule has 1 aromatic rings. The first kappa shape index (κ1) is 11.5. The minimum Gasteiger partial charge on any atom is -0.395 e. The summed E-state index contributed by atoms with van der Waals surface area (Å²) < 4.78 is 0. The van der Waals surface area contributed by atoms with E-state index in [4.69, 9.17) is 10.9 Å². The highest BCUT2D eigenvalue weighted by atomic mass is 35.5. The van der Waals surface area contributed by atoms with E-state index in [1.54, 1.807) is 5.01 Å². The first-order chi connectivity index (χ1) is 6.31. The molecule has 2 rings (SSSR count). The number of fused-ring (bicyclic) bond motifs is 1. The lowest BCUT2D eigenvalue weighted by Gasteiger charge is -2.32. The molecule has 14 heavy (non-hydrogen) atoms. The smallest absolute Gasteiger partial charge is 0.0604 e. The summed E-state index contributed by atoms with van der Waals surface area (Å²) in [5.41, 5.74) is 2.58. The molecule has 0 bridgehead atoms. The molecule has 1 aliphatic heterocycles. The lowest BCUT2D eigenvalue weighted by molar-refractivity contribution is 0.107. The molecule has 0 aliphatic carbocycles. The second kappa shape index (κ2) is 4.75. The Bertz CT molecular complexity index is 306. The van der Waals surface area contributed by atoms with Crippen molar-refractivity contribution >= 4 is 12.4 Å². The van der Waals surface area contributed by atoms with Gasteiger partial charge in [-0.25, -0.2) is 5.01 Å². The Balaban J connectivity index is 0.000000980. The molecule has 78 valence electrons. The molecule has 0 spiro atoms. The van der Waals surface area contributed by atoms with Crippen LogP contribution in [0.5, 0.6) is 0 Å². The number of nitrogens with two attached hydrogens (primary N) is 1. The van der Waals surface area contributed by atoms with Crippen molar-refractivity contribution in [2.45, 2.75) is 19.0 Å². The number of hydrazine groups is 1. The molecular formula is C10H15ClN2O. The van der Waals surface area contributed by atoms with Crippen LogP contribution in [0, 0.1) is 0 Å². The third-order valence-electron chi connectivity index (χ3n) is 2.61. The molecule has 0 radical (unpaired) electrons. The van der Waals surface area contributed by atoms with Crippen LogP contribution in [-0.4, -0.2) is 22.8 Å². The Hall–Kier alpha value is -0.610. The van der Waals surface area contributed by atoms with Crippen molar-refractivity contribution in [2.24, 2.45) is 5.84 Å². The third-order valence-corrected chi connectivity index (χ3v) is 2.61. The van der Waals surface area contributed by atoms with Crippen molar-refractivity contribution < 1.29 is 5.11 Å². The summed E-state index contributed by atoms with van der Waals surface area (Å²) in [6, 6.07) is 8.31. The summed E-state index contributed by atoms with van der Waals surface area (Å²) in [4.78, 5) is 0. The van der Waals surface area contributed by atoms with E-state index in [1.807, 2.05) is 12.1 Å². The maximum Gasteiger partial charge on any atom is 0.0604 e. The number of rotatable bonds is 1. The summed E-state index contributed by atoms with van der Waals surface area (Å²) in [6.07, 6.45) is 0.850. The zero-order valence-corrected chi connectivity index (χ0v) is 8.70. The lowest BCUT2D eigenvalue weighted by Crippen LogP contribution is -2.46. The number of hydrogen-bond donors (Lipinski definition) is 2. The first-order valence-corrected chi connectivity index (χ1v) is 4.50. The quantitative estimate of drug-likeness (QED) is 0.677. The van der Waals surface area contributed by atoms with E-state index >= 15 is 0 Å². The van der Waals surface area contributed by atoms with Crippen LogP contribution in [0.4, 0.5) is 0 Å². The van der Waals surface area contributed by atoms with E-state index in [-0.39, 0.29) is 25.1 Å². The molecule has 1 heterocycles. The first-order valence-electron chi connectivity index (χ1n) is 4.50. The second-order valence-corrected chi connectivity index (χ2v) is 3.48. The average molecular weight is 215 g/mol. The second-order valence-electron chi connectivity index (χ2n) is 3.48. The van der Waals surface area contributed by atoms with E-state index < -0.39 is 0 Å². The molecular weight excluding hydrogens is 200 g/mol. The Labute approximate surface area is 89.9 Å². The molecule has 0 saturated carbocycles. The van der Waals surface area contributed by atoms with Gasteiger partial charge in [0.25, 0.3) is 0 Å². The van der Waals surface area contributed by atoms with Crippen molar-refractivity contribution in [3.63, 3.8) is 0 Å². The molecule has 1 aliphatic rings. The van der Waals surface area contributed by atoms with Crippen molar-refractivity contribution in [1.82, 2.24) is 5.01 Å². The Morgan fingerprint density at radius 2 is 2.00 bits per heavy atom. The van der Waals surface area contributed by atoms with Crippen molar-refractivity contribution in [1.29, 1.82) is 0 Å². The van der Waals surface area contributed by atoms with Crippen molar-refractivity contribution in [3.8, 4) is 0 Å². The summed E-state index contributed by atoms with van der Waals surface area (Å²) in [5.74, 6) is 5.78. The SMILES string of the molecule is Cl.NN1Cc2ccccc2CC1CO. The van der Waals surface area contributed by atoms with Gasteiger partial charge in [-0.1, -0.05) is 24.3 Å². The van der Waals surface area contributed by atoms with E-state index in [2.05, 4.69) is 12.1 Å². The number of aliphatic hydroxyl groups is 1. The predicted molar refractivity (Wildman–Crippen MR) is 58.0 cm³/mol. The fourth-order valence-electron chi connectivity index (χ4n) is 1.78. The maximum atomic E-state index is 9.07. The fourth-order valence-corrected chi connectivity index (χ4v) is 1.78. The van der Waals surface area contributed by atoms with Crippen LogP contribution >= 0.6 is 12.4 Å². The Morgan fingerprint density at radius 1 is 1.36 bits per heavy atom. The monoisotopic (exact) mass is 214 g/mol. The van der Waals surface area contributed by atoms with E-state index in [1.165, 1.54) is 11.1 Å². The number of benzene rings is 1. The predicted octanol–water partition coefficient (Wildman–Crippen LogP) is 0.701. The molecule has 1 aromatic carbocycles. The summed E-state index contributed by atoms with van der Waals surface area (Å²) in [5, 5.41) is 10.8. The molecule has 0 fully saturated rings. The van der Waals surface area contributed by atoms with Gasteiger partial charge in [-0.15, -0.1) is 12.4 Å². The maximum absolute atomic E-state index is 9.07. The van der Waals surface area contributed by atoms with Gasteiger partial charge in [-0.05, 0) is 17.5 Å². The Kier molecular flexibility index (Phi) is 3.89. The summed E-state index contributed by atoms with van der Waals surface area (Å²) >= 11 is 0. The van der Waals surface area contributed by atoms with Crippen LogP contribution in [0.1, 0.15) is 11.1 Å². The zero-order valence-electron chi connectivity index (χ0n) is 7.89. The van der Waals surface area contributed by atoms with Gasteiger partial charge >= 0.3 is 0 Å². The summed E-state index contributed by atoms with van der Waals surface area (Å²) in [7, 11) is 0. The largest absolute Gasteiger partial charge is 0.395 e. The standard InChI is InChI=1S/C10H14N2O.ClH/c11-12-6-9-4-2-1-3-8(9)5-10(12)7-13;/h1-4,10,13H,5-7,11H2;1H. The molecule has 3 nitrogen and oxygen atoms in total. The van der Waals surface area contributed by atoms with E-state index in [9.17, 15) is 0 Å². The van der Waals surface area contributed by atoms with E-state index in [0.29, 0.717) is 0 Å². The molecule has 0 amide bonds. The van der Waals surface area contributed by atoms with Gasteiger partial charge in [0.2, 0.25) is 0 Å². The number of nitrogens with zero attached hydrogens (tertiary/aromatic N) is 1. The molecule has 0 aromatic heterocycles.